The van der Waals surface area contributed by atoms with Crippen molar-refractivity contribution in [2.75, 3.05) is 17.3 Å². The predicted molar refractivity (Wildman–Crippen MR) is 127 cm³/mol. The van der Waals surface area contributed by atoms with E-state index in [2.05, 4.69) is 36.5 Å². The number of rotatable bonds is 8. The van der Waals surface area contributed by atoms with Crippen molar-refractivity contribution in [1.29, 1.82) is 0 Å². The molecule has 0 spiro atoms. The first-order valence-corrected chi connectivity index (χ1v) is 10.9. The van der Waals surface area contributed by atoms with Crippen LogP contribution in [0.2, 0.25) is 0 Å². The average Bonchev–Trinajstić information content (AvgIpc) is 3.65. The smallest absolute Gasteiger partial charge is 0.230 e. The second kappa shape index (κ2) is 9.69. The van der Waals surface area contributed by atoms with Crippen LogP contribution in [0.1, 0.15) is 29.5 Å². The summed E-state index contributed by atoms with van der Waals surface area (Å²) in [5, 5.41) is 2.90. The van der Waals surface area contributed by atoms with Crippen LogP contribution < -0.4 is 15.0 Å². The molecule has 1 aliphatic rings. The summed E-state index contributed by atoms with van der Waals surface area (Å²) in [6, 6.07) is 23.2. The minimum Gasteiger partial charge on any atom is -0.497 e. The molecule has 164 valence electrons. The van der Waals surface area contributed by atoms with Gasteiger partial charge < -0.3 is 15.0 Å². The first kappa shape index (κ1) is 21.6. The van der Waals surface area contributed by atoms with Crippen molar-refractivity contribution in [2.24, 2.45) is 5.92 Å². The molecule has 1 aliphatic carbocycles. The number of nitrogens with zero attached hydrogens (tertiary/aromatic N) is 1. The highest BCUT2D eigenvalue weighted by atomic mass is 16.5. The highest BCUT2D eigenvalue weighted by molar-refractivity contribution is 5.96. The zero-order valence-electron chi connectivity index (χ0n) is 18.5. The van der Waals surface area contributed by atoms with Gasteiger partial charge >= 0.3 is 0 Å². The summed E-state index contributed by atoms with van der Waals surface area (Å²) in [7, 11) is 1.61. The number of aryl methyl sites for hydroxylation is 1. The first-order valence-electron chi connectivity index (χ1n) is 10.9. The van der Waals surface area contributed by atoms with Crippen LogP contribution in [-0.4, -0.2) is 18.9 Å². The molecule has 3 aromatic carbocycles. The number of nitrogens with one attached hydrogen (secondary N) is 1. The molecule has 5 nitrogen and oxygen atoms in total. The molecule has 32 heavy (non-hydrogen) atoms. The van der Waals surface area contributed by atoms with Gasteiger partial charge in [0, 0.05) is 17.3 Å². The van der Waals surface area contributed by atoms with Gasteiger partial charge in [0.15, 0.2) is 0 Å². The van der Waals surface area contributed by atoms with Crippen LogP contribution in [-0.2, 0) is 22.6 Å². The van der Waals surface area contributed by atoms with Gasteiger partial charge in [-0.2, -0.15) is 0 Å². The van der Waals surface area contributed by atoms with Gasteiger partial charge in [0.1, 0.15) is 5.75 Å². The summed E-state index contributed by atoms with van der Waals surface area (Å²) < 4.78 is 5.14. The van der Waals surface area contributed by atoms with Crippen molar-refractivity contribution in [3.63, 3.8) is 0 Å². The lowest BCUT2D eigenvalue weighted by molar-refractivity contribution is -0.120. The van der Waals surface area contributed by atoms with Gasteiger partial charge in [0.25, 0.3) is 0 Å². The van der Waals surface area contributed by atoms with E-state index in [0.29, 0.717) is 6.54 Å². The van der Waals surface area contributed by atoms with Crippen LogP contribution in [0.4, 0.5) is 11.4 Å². The second-order valence-electron chi connectivity index (χ2n) is 8.30. The van der Waals surface area contributed by atoms with E-state index >= 15 is 0 Å². The molecule has 0 bridgehead atoms. The number of anilines is 2. The van der Waals surface area contributed by atoms with Gasteiger partial charge in [-0.3, -0.25) is 9.59 Å². The molecule has 0 heterocycles. The summed E-state index contributed by atoms with van der Waals surface area (Å²) in [6.07, 6.45) is 2.19. The molecule has 0 radical (unpaired) electrons. The molecule has 3 aromatic rings. The Balaban J connectivity index is 1.42. The maximum Gasteiger partial charge on any atom is 0.230 e. The first-order chi connectivity index (χ1) is 15.5. The molecule has 0 aliphatic heterocycles. The minimum atomic E-state index is -0.0894. The van der Waals surface area contributed by atoms with Gasteiger partial charge in [-0.15, -0.1) is 0 Å². The lowest BCUT2D eigenvalue weighted by atomic mass is 10.1. The Labute approximate surface area is 189 Å². The highest BCUT2D eigenvalue weighted by Gasteiger charge is 2.34. The largest absolute Gasteiger partial charge is 0.497 e. The van der Waals surface area contributed by atoms with Crippen LogP contribution in [0.3, 0.4) is 0 Å². The third-order valence-electron chi connectivity index (χ3n) is 5.64. The normalized spacial score (nSPS) is 12.8. The Hall–Kier alpha value is -3.60. The molecule has 1 saturated carbocycles. The number of carbonyl (C=O) groups excluding carboxylic acids is 2. The number of hydrogen-bond acceptors (Lipinski definition) is 3. The summed E-state index contributed by atoms with van der Waals surface area (Å²) in [5.41, 5.74) is 4.79. The maximum atomic E-state index is 12.9. The fraction of sp³-hybridized carbons (Fsp3) is 0.259. The van der Waals surface area contributed by atoms with E-state index in [9.17, 15) is 9.59 Å². The van der Waals surface area contributed by atoms with Crippen molar-refractivity contribution in [2.45, 2.75) is 32.7 Å². The molecule has 0 unspecified atom stereocenters. The number of carbonyl (C=O) groups is 2. The molecule has 0 saturated heterocycles. The number of hydrogen-bond donors (Lipinski definition) is 1. The summed E-state index contributed by atoms with van der Waals surface area (Å²) in [6.45, 7) is 2.60. The van der Waals surface area contributed by atoms with E-state index in [4.69, 9.17) is 4.74 Å². The maximum absolute atomic E-state index is 12.9. The van der Waals surface area contributed by atoms with Crippen LogP contribution in [0.5, 0.6) is 5.75 Å². The summed E-state index contributed by atoms with van der Waals surface area (Å²) in [4.78, 5) is 27.2. The molecule has 4 rings (SSSR count). The van der Waals surface area contributed by atoms with Crippen molar-refractivity contribution in [3.05, 3.63) is 89.5 Å². The Morgan fingerprint density at radius 1 is 0.906 bits per heavy atom. The van der Waals surface area contributed by atoms with E-state index in [-0.39, 0.29) is 24.2 Å². The molecule has 0 atom stereocenters. The molecule has 2 amide bonds. The topological polar surface area (TPSA) is 58.6 Å². The molecule has 5 heteroatoms. The average molecular weight is 429 g/mol. The van der Waals surface area contributed by atoms with Gasteiger partial charge in [-0.1, -0.05) is 42.0 Å². The van der Waals surface area contributed by atoms with Crippen LogP contribution in [0, 0.1) is 12.8 Å². The third kappa shape index (κ3) is 5.55. The van der Waals surface area contributed by atoms with Gasteiger partial charge in [0.05, 0.1) is 20.1 Å². The van der Waals surface area contributed by atoms with Crippen molar-refractivity contribution in [3.8, 4) is 5.75 Å². The van der Waals surface area contributed by atoms with E-state index in [1.165, 1.54) is 5.56 Å². The number of amides is 2. The summed E-state index contributed by atoms with van der Waals surface area (Å²) in [5.74, 6) is 0.967. The van der Waals surface area contributed by atoms with E-state index in [1.54, 1.807) is 7.11 Å². The predicted octanol–water partition coefficient (Wildman–Crippen LogP) is 5.13. The monoisotopic (exact) mass is 428 g/mol. The van der Waals surface area contributed by atoms with Crippen LogP contribution in [0.15, 0.2) is 72.8 Å². The number of methoxy groups -OCH3 is 1. The van der Waals surface area contributed by atoms with E-state index in [1.807, 2.05) is 53.4 Å². The van der Waals surface area contributed by atoms with Gasteiger partial charge in [-0.25, -0.2) is 0 Å². The lowest BCUT2D eigenvalue weighted by Crippen LogP contribution is -2.31. The fourth-order valence-electron chi connectivity index (χ4n) is 3.58. The number of ether oxygens (including phenoxy) is 1. The van der Waals surface area contributed by atoms with Crippen LogP contribution >= 0.6 is 0 Å². The van der Waals surface area contributed by atoms with E-state index in [0.717, 1.165) is 41.1 Å². The molecular weight excluding hydrogens is 400 g/mol. The molecular formula is C27H28N2O3. The standard InChI is InChI=1S/C27H28N2O3/c1-19-3-5-21(6-4-19)18-29(27(31)22-9-10-22)24-13-7-20(8-14-24)17-26(30)28-23-11-15-25(32-2)16-12-23/h3-8,11-16,22H,9-10,17-18H2,1-2H3,(H,28,30). The van der Waals surface area contributed by atoms with E-state index < -0.39 is 0 Å². The van der Waals surface area contributed by atoms with Crippen LogP contribution in [0.25, 0.3) is 0 Å². The quantitative estimate of drug-likeness (QED) is 0.541. The number of benzene rings is 3. The highest BCUT2D eigenvalue weighted by Crippen LogP contribution is 2.33. The lowest BCUT2D eigenvalue weighted by Gasteiger charge is -2.23. The van der Waals surface area contributed by atoms with Crippen molar-refractivity contribution >= 4 is 23.2 Å². The SMILES string of the molecule is COc1ccc(NC(=O)Cc2ccc(N(Cc3ccc(C)cc3)C(=O)C3CC3)cc2)cc1. The summed E-state index contributed by atoms with van der Waals surface area (Å²) >= 11 is 0. The second-order valence-corrected chi connectivity index (χ2v) is 8.30. The Morgan fingerprint density at radius 3 is 2.12 bits per heavy atom. The Morgan fingerprint density at radius 2 is 1.53 bits per heavy atom. The Kier molecular flexibility index (Phi) is 6.55. The molecule has 1 N–H and O–H groups in total. The molecule has 1 fully saturated rings. The zero-order chi connectivity index (χ0) is 22.5. The minimum absolute atomic E-state index is 0.0894. The molecule has 0 aromatic heterocycles. The fourth-order valence-corrected chi connectivity index (χ4v) is 3.58. The van der Waals surface area contributed by atoms with Gasteiger partial charge in [-0.05, 0) is 67.3 Å². The third-order valence-corrected chi connectivity index (χ3v) is 5.64. The van der Waals surface area contributed by atoms with Crippen molar-refractivity contribution in [1.82, 2.24) is 0 Å². The zero-order valence-corrected chi connectivity index (χ0v) is 18.5. The Bertz CT molecular complexity index is 1070. The van der Waals surface area contributed by atoms with Crippen molar-refractivity contribution < 1.29 is 14.3 Å². The van der Waals surface area contributed by atoms with Gasteiger partial charge in [0.2, 0.25) is 11.8 Å².